The maximum atomic E-state index is 13.1. The summed E-state index contributed by atoms with van der Waals surface area (Å²) in [5.41, 5.74) is 10.3. The van der Waals surface area contributed by atoms with E-state index in [0.717, 1.165) is 29.3 Å². The van der Waals surface area contributed by atoms with Crippen LogP contribution in [0.3, 0.4) is 0 Å². The summed E-state index contributed by atoms with van der Waals surface area (Å²) in [5.74, 6) is -0.662. The van der Waals surface area contributed by atoms with E-state index in [0.29, 0.717) is 16.8 Å². The van der Waals surface area contributed by atoms with E-state index in [9.17, 15) is 9.59 Å². The van der Waals surface area contributed by atoms with Gasteiger partial charge in [0, 0.05) is 36.0 Å². The first kappa shape index (κ1) is 25.6. The lowest BCUT2D eigenvalue weighted by Gasteiger charge is -2.18. The predicted molar refractivity (Wildman–Crippen MR) is 128 cm³/mol. The van der Waals surface area contributed by atoms with Crippen molar-refractivity contribution < 1.29 is 9.59 Å². The second-order valence-corrected chi connectivity index (χ2v) is 7.42. The monoisotopic (exact) mass is 422 g/mol. The fraction of sp³-hybridized carbons (Fsp3) is 0.320. The molecule has 0 aliphatic rings. The standard InChI is InChI=1S/C25H34N4O2/c1-7-16(2)22(18(4)20-11-9-8-10-12-20)14-21(13-17(3)24(30)28-6)25(31)29-23(15-26)19(5)27/h8-15,18,26H,7,27H2,1-6H3,(H,28,30)(H,29,31)/b17-13+,21-14+,22-16-,23-19?,26-15?. The average Bonchev–Trinajstić information content (AvgIpc) is 2.78. The van der Waals surface area contributed by atoms with Crippen LogP contribution < -0.4 is 16.4 Å². The van der Waals surface area contributed by atoms with Crippen LogP contribution in [0, 0.1) is 5.41 Å². The minimum atomic E-state index is -0.437. The summed E-state index contributed by atoms with van der Waals surface area (Å²) in [5, 5.41) is 12.7. The molecule has 0 heterocycles. The first-order chi connectivity index (χ1) is 14.7. The van der Waals surface area contributed by atoms with Crippen molar-refractivity contribution in [1.82, 2.24) is 10.6 Å². The van der Waals surface area contributed by atoms with Crippen molar-refractivity contribution in [2.45, 2.75) is 47.0 Å². The molecular weight excluding hydrogens is 388 g/mol. The molecule has 0 aliphatic heterocycles. The fourth-order valence-electron chi connectivity index (χ4n) is 3.02. The largest absolute Gasteiger partial charge is 0.401 e. The number of allylic oxidation sites excluding steroid dienone is 5. The Kier molecular flexibility index (Phi) is 10.2. The van der Waals surface area contributed by atoms with Gasteiger partial charge < -0.3 is 21.8 Å². The number of likely N-dealkylation sites (N-methyl/N-ethyl adjacent to an activating group) is 1. The van der Waals surface area contributed by atoms with Crippen LogP contribution in [0.1, 0.15) is 52.5 Å². The molecular formula is C25H34N4O2. The van der Waals surface area contributed by atoms with Crippen LogP contribution in [-0.4, -0.2) is 25.1 Å². The number of hydrogen-bond acceptors (Lipinski definition) is 4. The van der Waals surface area contributed by atoms with Crippen LogP contribution in [0.15, 0.2) is 76.2 Å². The highest BCUT2D eigenvalue weighted by Gasteiger charge is 2.17. The maximum Gasteiger partial charge on any atom is 0.255 e. The van der Waals surface area contributed by atoms with Crippen molar-refractivity contribution in [2.24, 2.45) is 5.73 Å². The zero-order chi connectivity index (χ0) is 23.6. The lowest BCUT2D eigenvalue weighted by Crippen LogP contribution is -2.27. The van der Waals surface area contributed by atoms with E-state index in [1.807, 2.05) is 31.2 Å². The van der Waals surface area contributed by atoms with Gasteiger partial charge in [-0.2, -0.15) is 0 Å². The summed E-state index contributed by atoms with van der Waals surface area (Å²) in [6, 6.07) is 10.1. The number of carbonyl (C=O) groups excluding carboxylic acids is 2. The second kappa shape index (κ2) is 12.3. The van der Waals surface area contributed by atoms with E-state index in [-0.39, 0.29) is 17.5 Å². The highest BCUT2D eigenvalue weighted by atomic mass is 16.2. The number of rotatable bonds is 9. The van der Waals surface area contributed by atoms with Crippen LogP contribution in [0.2, 0.25) is 0 Å². The molecule has 31 heavy (non-hydrogen) atoms. The molecule has 1 atom stereocenters. The van der Waals surface area contributed by atoms with Crippen molar-refractivity contribution in [3.05, 3.63) is 81.7 Å². The summed E-state index contributed by atoms with van der Waals surface area (Å²) >= 11 is 0. The van der Waals surface area contributed by atoms with Gasteiger partial charge in [-0.25, -0.2) is 0 Å². The van der Waals surface area contributed by atoms with Crippen LogP contribution in [0.4, 0.5) is 0 Å². The molecule has 0 aromatic heterocycles. The summed E-state index contributed by atoms with van der Waals surface area (Å²) in [7, 11) is 1.54. The topological polar surface area (TPSA) is 108 Å². The summed E-state index contributed by atoms with van der Waals surface area (Å²) in [6.45, 7) is 9.47. The minimum Gasteiger partial charge on any atom is -0.401 e. The van der Waals surface area contributed by atoms with Crippen molar-refractivity contribution in [1.29, 1.82) is 5.41 Å². The summed E-state index contributed by atoms with van der Waals surface area (Å²) < 4.78 is 0. The van der Waals surface area contributed by atoms with Gasteiger partial charge in [0.15, 0.2) is 0 Å². The smallest absolute Gasteiger partial charge is 0.255 e. The number of nitrogens with two attached hydrogens (primary N) is 1. The Morgan fingerprint density at radius 3 is 2.19 bits per heavy atom. The Labute approximate surface area is 185 Å². The van der Waals surface area contributed by atoms with Gasteiger partial charge in [-0.05, 0) is 50.5 Å². The normalized spacial score (nSPS) is 14.8. The van der Waals surface area contributed by atoms with Gasteiger partial charge in [-0.15, -0.1) is 0 Å². The first-order valence-electron chi connectivity index (χ1n) is 10.3. The minimum absolute atomic E-state index is 0.0478. The van der Waals surface area contributed by atoms with Crippen LogP contribution >= 0.6 is 0 Å². The van der Waals surface area contributed by atoms with Crippen LogP contribution in [0.5, 0.6) is 0 Å². The Morgan fingerprint density at radius 2 is 1.71 bits per heavy atom. The highest BCUT2D eigenvalue weighted by Crippen LogP contribution is 2.29. The first-order valence-corrected chi connectivity index (χ1v) is 10.3. The molecule has 6 heteroatoms. The average molecular weight is 423 g/mol. The lowest BCUT2D eigenvalue weighted by molar-refractivity contribution is -0.117. The fourth-order valence-corrected chi connectivity index (χ4v) is 3.02. The Hall–Kier alpha value is -3.41. The van der Waals surface area contributed by atoms with Crippen molar-refractivity contribution in [3.8, 4) is 0 Å². The molecule has 0 aliphatic carbocycles. The Balaban J connectivity index is 3.61. The molecule has 0 bridgehead atoms. The molecule has 0 saturated carbocycles. The second-order valence-electron chi connectivity index (χ2n) is 7.42. The molecule has 0 fully saturated rings. The third-order valence-corrected chi connectivity index (χ3v) is 5.14. The maximum absolute atomic E-state index is 13.1. The summed E-state index contributed by atoms with van der Waals surface area (Å²) in [6.07, 6.45) is 5.21. The molecule has 1 unspecified atom stereocenters. The SMILES string of the molecule is CC/C(C)=C(/C=C(\C=C(/C)C(=O)NC)C(=O)NC(C=N)=C(C)N)C(C)c1ccccc1. The third kappa shape index (κ3) is 7.41. The van der Waals surface area contributed by atoms with Gasteiger partial charge in [0.25, 0.3) is 5.91 Å². The molecule has 5 N–H and O–H groups in total. The van der Waals surface area contributed by atoms with Gasteiger partial charge in [-0.1, -0.05) is 49.8 Å². The zero-order valence-corrected chi connectivity index (χ0v) is 19.3. The van der Waals surface area contributed by atoms with E-state index in [1.54, 1.807) is 27.0 Å². The van der Waals surface area contributed by atoms with Gasteiger partial charge in [0.1, 0.15) is 0 Å². The highest BCUT2D eigenvalue weighted by molar-refractivity contribution is 6.03. The summed E-state index contributed by atoms with van der Waals surface area (Å²) in [4.78, 5) is 25.2. The molecule has 1 aromatic carbocycles. The molecule has 166 valence electrons. The number of amides is 2. The quantitative estimate of drug-likeness (QED) is 0.273. The molecule has 2 amide bonds. The van der Waals surface area contributed by atoms with E-state index < -0.39 is 5.91 Å². The third-order valence-electron chi connectivity index (χ3n) is 5.14. The van der Waals surface area contributed by atoms with Crippen LogP contribution in [-0.2, 0) is 9.59 Å². The Bertz CT molecular complexity index is 934. The van der Waals surface area contributed by atoms with E-state index >= 15 is 0 Å². The van der Waals surface area contributed by atoms with Crippen molar-refractivity contribution in [2.75, 3.05) is 7.05 Å². The van der Waals surface area contributed by atoms with Gasteiger partial charge >= 0.3 is 0 Å². The van der Waals surface area contributed by atoms with Crippen LogP contribution in [0.25, 0.3) is 0 Å². The van der Waals surface area contributed by atoms with Gasteiger partial charge in [-0.3, -0.25) is 9.59 Å². The molecule has 0 spiro atoms. The van der Waals surface area contributed by atoms with Gasteiger partial charge in [0.2, 0.25) is 5.91 Å². The molecule has 1 aromatic rings. The number of carbonyl (C=O) groups is 2. The van der Waals surface area contributed by atoms with E-state index in [2.05, 4.69) is 36.6 Å². The van der Waals surface area contributed by atoms with E-state index in [1.165, 1.54) is 0 Å². The van der Waals surface area contributed by atoms with Crippen molar-refractivity contribution in [3.63, 3.8) is 0 Å². The van der Waals surface area contributed by atoms with Gasteiger partial charge in [0.05, 0.1) is 5.70 Å². The van der Waals surface area contributed by atoms with Crippen molar-refractivity contribution >= 4 is 18.0 Å². The zero-order valence-electron chi connectivity index (χ0n) is 19.3. The molecule has 6 nitrogen and oxygen atoms in total. The molecule has 0 radical (unpaired) electrons. The lowest BCUT2D eigenvalue weighted by atomic mass is 9.87. The molecule has 0 saturated heterocycles. The molecule has 1 rings (SSSR count). The Morgan fingerprint density at radius 1 is 1.10 bits per heavy atom. The van der Waals surface area contributed by atoms with E-state index in [4.69, 9.17) is 11.1 Å². The predicted octanol–water partition coefficient (Wildman–Crippen LogP) is 4.09. The number of nitrogens with one attached hydrogen (secondary N) is 3. The number of hydrogen-bond donors (Lipinski definition) is 4. The number of benzene rings is 1.